The van der Waals surface area contributed by atoms with Gasteiger partial charge in [0.25, 0.3) is 0 Å². The van der Waals surface area contributed by atoms with Gasteiger partial charge in [-0.2, -0.15) is 0 Å². The molecule has 0 radical (unpaired) electrons. The Hall–Kier alpha value is -1.43. The lowest BCUT2D eigenvalue weighted by Gasteiger charge is -2.27. The Bertz CT molecular complexity index is 614. The molecule has 1 saturated carbocycles. The van der Waals surface area contributed by atoms with Gasteiger partial charge in [0, 0.05) is 15.7 Å². The molecule has 1 aromatic heterocycles. The van der Waals surface area contributed by atoms with Crippen molar-refractivity contribution < 1.29 is 0 Å². The molecule has 1 aromatic carbocycles. The van der Waals surface area contributed by atoms with E-state index in [2.05, 4.69) is 45.3 Å². The fraction of sp³-hybridized carbons (Fsp3) is 0.500. The van der Waals surface area contributed by atoms with E-state index in [-0.39, 0.29) is 5.41 Å². The van der Waals surface area contributed by atoms with Crippen molar-refractivity contribution in [2.45, 2.75) is 39.2 Å². The third-order valence-electron chi connectivity index (χ3n) is 4.17. The molecule has 1 unspecified atom stereocenters. The molecule has 1 aliphatic carbocycles. The summed E-state index contributed by atoms with van der Waals surface area (Å²) in [4.78, 5) is 0. The molecule has 1 fully saturated rings. The minimum atomic E-state index is 0.224. The van der Waals surface area contributed by atoms with Gasteiger partial charge in [0.1, 0.15) is 0 Å². The lowest BCUT2D eigenvalue weighted by atomic mass is 9.87. The number of nitrogens with two attached hydrogens (primary N) is 1. The minimum Gasteiger partial charge on any atom is -0.399 e. The summed E-state index contributed by atoms with van der Waals surface area (Å²) in [5.74, 6) is 0.790. The number of halogens is 1. The van der Waals surface area contributed by atoms with E-state index in [1.54, 1.807) is 0 Å². The van der Waals surface area contributed by atoms with Crippen LogP contribution in [0.5, 0.6) is 0 Å². The van der Waals surface area contributed by atoms with Gasteiger partial charge in [0.2, 0.25) is 0 Å². The maximum absolute atomic E-state index is 5.91. The quantitative estimate of drug-likeness (QED) is 0.853. The van der Waals surface area contributed by atoms with E-state index in [1.807, 2.05) is 22.9 Å². The molecule has 0 spiro atoms. The Morgan fingerprint density at radius 2 is 2.15 bits per heavy atom. The first-order valence-corrected chi connectivity index (χ1v) is 7.61. The summed E-state index contributed by atoms with van der Waals surface area (Å²) in [5, 5.41) is 12.3. The number of hydrogen-bond acceptors (Lipinski definition) is 4. The predicted molar refractivity (Wildman–Crippen MR) is 82.0 cm³/mol. The van der Waals surface area contributed by atoms with E-state index < -0.39 is 0 Å². The van der Waals surface area contributed by atoms with Crippen LogP contribution in [0, 0.1) is 5.41 Å². The van der Waals surface area contributed by atoms with Gasteiger partial charge >= 0.3 is 0 Å². The molecule has 1 heterocycles. The summed E-state index contributed by atoms with van der Waals surface area (Å²) in [6.07, 6.45) is 3.55. The number of tetrazole rings is 1. The van der Waals surface area contributed by atoms with Gasteiger partial charge in [-0.25, -0.2) is 4.68 Å². The third-order valence-corrected chi connectivity index (χ3v) is 4.62. The van der Waals surface area contributed by atoms with E-state index >= 15 is 0 Å². The first-order valence-electron chi connectivity index (χ1n) is 6.82. The third kappa shape index (κ3) is 2.32. The molecule has 2 aromatic rings. The van der Waals surface area contributed by atoms with E-state index in [0.29, 0.717) is 11.7 Å². The van der Waals surface area contributed by atoms with Crippen molar-refractivity contribution in [1.82, 2.24) is 20.2 Å². The summed E-state index contributed by atoms with van der Waals surface area (Å²) in [6.45, 7) is 4.57. The van der Waals surface area contributed by atoms with E-state index in [9.17, 15) is 0 Å². The highest BCUT2D eigenvalue weighted by Crippen LogP contribution is 2.46. The van der Waals surface area contributed by atoms with Crippen LogP contribution in [0.1, 0.15) is 39.2 Å². The molecule has 0 aliphatic heterocycles. The van der Waals surface area contributed by atoms with Crippen molar-refractivity contribution in [3.8, 4) is 11.4 Å². The molecule has 0 amide bonds. The first-order chi connectivity index (χ1) is 9.47. The zero-order chi connectivity index (χ0) is 14.3. The van der Waals surface area contributed by atoms with Crippen molar-refractivity contribution in [1.29, 1.82) is 0 Å². The Kier molecular flexibility index (Phi) is 3.28. The van der Waals surface area contributed by atoms with Crippen LogP contribution in [0.25, 0.3) is 11.4 Å². The Balaban J connectivity index is 2.06. The zero-order valence-electron chi connectivity index (χ0n) is 11.7. The summed E-state index contributed by atoms with van der Waals surface area (Å²) >= 11 is 3.47. The summed E-state index contributed by atoms with van der Waals surface area (Å²) in [6, 6.07) is 6.12. The molecule has 106 valence electrons. The highest BCUT2D eigenvalue weighted by molar-refractivity contribution is 9.10. The summed E-state index contributed by atoms with van der Waals surface area (Å²) in [5.41, 5.74) is 7.79. The molecule has 3 rings (SSSR count). The van der Waals surface area contributed by atoms with Gasteiger partial charge in [0.05, 0.1) is 6.04 Å². The Morgan fingerprint density at radius 3 is 2.80 bits per heavy atom. The van der Waals surface area contributed by atoms with Gasteiger partial charge in [0.15, 0.2) is 5.82 Å². The van der Waals surface area contributed by atoms with Crippen LogP contribution in [0.15, 0.2) is 22.7 Å². The second-order valence-corrected chi connectivity index (χ2v) is 7.03. The van der Waals surface area contributed by atoms with Crippen LogP contribution in [0.4, 0.5) is 5.69 Å². The van der Waals surface area contributed by atoms with Gasteiger partial charge < -0.3 is 5.73 Å². The number of nitrogen functional groups attached to an aromatic ring is 1. The van der Waals surface area contributed by atoms with Crippen LogP contribution >= 0.6 is 15.9 Å². The lowest BCUT2D eigenvalue weighted by molar-refractivity contribution is 0.242. The average Bonchev–Trinajstić information content (AvgIpc) is 2.93. The van der Waals surface area contributed by atoms with Crippen LogP contribution in [0.3, 0.4) is 0 Å². The number of rotatable bonds is 2. The molecular weight excluding hydrogens is 318 g/mol. The van der Waals surface area contributed by atoms with Gasteiger partial charge in [-0.3, -0.25) is 0 Å². The van der Waals surface area contributed by atoms with Crippen molar-refractivity contribution in [2.24, 2.45) is 5.41 Å². The average molecular weight is 336 g/mol. The maximum Gasteiger partial charge on any atom is 0.182 e. The summed E-state index contributed by atoms with van der Waals surface area (Å²) in [7, 11) is 0. The maximum atomic E-state index is 5.91. The molecule has 0 saturated heterocycles. The molecule has 2 N–H and O–H groups in total. The fourth-order valence-electron chi connectivity index (χ4n) is 3.10. The van der Waals surface area contributed by atoms with Crippen LogP contribution < -0.4 is 5.73 Å². The highest BCUT2D eigenvalue weighted by Gasteiger charge is 2.38. The Labute approximate surface area is 126 Å². The first kappa shape index (κ1) is 13.5. The smallest absolute Gasteiger partial charge is 0.182 e. The SMILES string of the molecule is CC1(C)CCCC1n1nnnc1-c1cc(N)cc(Br)c1. The van der Waals surface area contributed by atoms with Crippen molar-refractivity contribution >= 4 is 21.6 Å². The van der Waals surface area contributed by atoms with Gasteiger partial charge in [-0.05, 0) is 46.9 Å². The molecule has 1 atom stereocenters. The Morgan fingerprint density at radius 1 is 1.35 bits per heavy atom. The number of nitrogens with zero attached hydrogens (tertiary/aromatic N) is 4. The largest absolute Gasteiger partial charge is 0.399 e. The van der Waals surface area contributed by atoms with E-state index in [1.165, 1.54) is 12.8 Å². The number of anilines is 1. The fourth-order valence-corrected chi connectivity index (χ4v) is 3.61. The lowest BCUT2D eigenvalue weighted by Crippen LogP contribution is -2.23. The second kappa shape index (κ2) is 4.84. The predicted octanol–water partition coefficient (Wildman–Crippen LogP) is 3.44. The monoisotopic (exact) mass is 335 g/mol. The van der Waals surface area contributed by atoms with Crippen molar-refractivity contribution in [2.75, 3.05) is 5.73 Å². The molecule has 5 nitrogen and oxygen atoms in total. The molecule has 1 aliphatic rings. The molecule has 20 heavy (non-hydrogen) atoms. The molecule has 0 bridgehead atoms. The zero-order valence-corrected chi connectivity index (χ0v) is 13.3. The van der Waals surface area contributed by atoms with E-state index in [4.69, 9.17) is 5.73 Å². The standard InChI is InChI=1S/C14H18BrN5/c1-14(2)5-3-4-12(14)20-13(17-18-19-20)9-6-10(15)8-11(16)7-9/h6-8,12H,3-5,16H2,1-2H3. The van der Waals surface area contributed by atoms with Crippen LogP contribution in [0.2, 0.25) is 0 Å². The molecule has 6 heteroatoms. The second-order valence-electron chi connectivity index (χ2n) is 6.12. The van der Waals surface area contributed by atoms with Gasteiger partial charge in [-0.1, -0.05) is 36.2 Å². The summed E-state index contributed by atoms with van der Waals surface area (Å²) < 4.78 is 2.90. The highest BCUT2D eigenvalue weighted by atomic mass is 79.9. The number of benzene rings is 1. The van der Waals surface area contributed by atoms with Crippen molar-refractivity contribution in [3.05, 3.63) is 22.7 Å². The van der Waals surface area contributed by atoms with Crippen LogP contribution in [-0.2, 0) is 0 Å². The topological polar surface area (TPSA) is 69.6 Å². The van der Waals surface area contributed by atoms with Crippen molar-refractivity contribution in [3.63, 3.8) is 0 Å². The number of aromatic nitrogens is 4. The minimum absolute atomic E-state index is 0.224. The van der Waals surface area contributed by atoms with E-state index in [0.717, 1.165) is 22.3 Å². The van der Waals surface area contributed by atoms with Crippen LogP contribution in [-0.4, -0.2) is 20.2 Å². The number of hydrogen-bond donors (Lipinski definition) is 1. The molecular formula is C14H18BrN5. The normalized spacial score (nSPS) is 21.2. The van der Waals surface area contributed by atoms with Gasteiger partial charge in [-0.15, -0.1) is 5.10 Å².